The number of alkyl halides is 3. The van der Waals surface area contributed by atoms with E-state index in [4.69, 9.17) is 0 Å². The number of esters is 1. The SMILES string of the molecule is COC(=O)C(CON)C(F)(F)F. The molecule has 0 saturated heterocycles. The van der Waals surface area contributed by atoms with Gasteiger partial charge < -0.3 is 9.57 Å². The van der Waals surface area contributed by atoms with Gasteiger partial charge in [-0.1, -0.05) is 0 Å². The molecule has 0 radical (unpaired) electrons. The molecule has 0 aromatic rings. The van der Waals surface area contributed by atoms with Gasteiger partial charge in [0, 0.05) is 0 Å². The molecule has 0 aromatic carbocycles. The summed E-state index contributed by atoms with van der Waals surface area (Å²) in [6, 6.07) is 0. The smallest absolute Gasteiger partial charge is 0.404 e. The first kappa shape index (κ1) is 11.2. The second-order valence-corrected chi connectivity index (χ2v) is 1.95. The Morgan fingerprint density at radius 2 is 2.08 bits per heavy atom. The largest absolute Gasteiger partial charge is 0.468 e. The van der Waals surface area contributed by atoms with Crippen LogP contribution in [0, 0.1) is 5.92 Å². The number of ether oxygens (including phenoxy) is 1. The van der Waals surface area contributed by atoms with Gasteiger partial charge in [-0.05, 0) is 0 Å². The molecule has 0 aliphatic rings. The zero-order chi connectivity index (χ0) is 9.78. The minimum atomic E-state index is -4.69. The third-order valence-electron chi connectivity index (χ3n) is 1.14. The van der Waals surface area contributed by atoms with Crippen LogP contribution in [-0.2, 0) is 14.4 Å². The first-order valence-electron chi connectivity index (χ1n) is 2.89. The Kier molecular flexibility index (Phi) is 3.98. The maximum absolute atomic E-state index is 11.9. The summed E-state index contributed by atoms with van der Waals surface area (Å²) in [5.74, 6) is 0.689. The van der Waals surface area contributed by atoms with Crippen LogP contribution in [0.4, 0.5) is 13.2 Å². The summed E-state index contributed by atoms with van der Waals surface area (Å²) in [4.78, 5) is 14.2. The van der Waals surface area contributed by atoms with Crippen molar-refractivity contribution in [3.8, 4) is 0 Å². The van der Waals surface area contributed by atoms with Crippen LogP contribution in [0.1, 0.15) is 0 Å². The number of carbonyl (C=O) groups excluding carboxylic acids is 1. The van der Waals surface area contributed by atoms with E-state index in [1.807, 2.05) is 0 Å². The highest BCUT2D eigenvalue weighted by Gasteiger charge is 2.45. The molecule has 0 aliphatic carbocycles. The number of rotatable bonds is 3. The van der Waals surface area contributed by atoms with E-state index >= 15 is 0 Å². The fourth-order valence-corrected chi connectivity index (χ4v) is 0.535. The normalized spacial score (nSPS) is 14.1. The van der Waals surface area contributed by atoms with Gasteiger partial charge in [0.2, 0.25) is 0 Å². The average molecular weight is 187 g/mol. The second-order valence-electron chi connectivity index (χ2n) is 1.95. The number of halogens is 3. The number of hydrogen-bond acceptors (Lipinski definition) is 4. The molecule has 0 saturated carbocycles. The number of nitrogens with two attached hydrogens (primary N) is 1. The molecule has 0 rings (SSSR count). The Balaban J connectivity index is 4.33. The molecular formula is C5H8F3NO3. The van der Waals surface area contributed by atoms with Gasteiger partial charge in [0.15, 0.2) is 5.92 Å². The molecule has 1 unspecified atom stereocenters. The molecule has 0 spiro atoms. The zero-order valence-electron chi connectivity index (χ0n) is 6.22. The van der Waals surface area contributed by atoms with Crippen molar-refractivity contribution in [2.24, 2.45) is 11.8 Å². The van der Waals surface area contributed by atoms with Gasteiger partial charge in [-0.3, -0.25) is 4.79 Å². The summed E-state index contributed by atoms with van der Waals surface area (Å²) in [6.07, 6.45) is -4.69. The average Bonchev–Trinajstić information content (AvgIpc) is 1.96. The molecule has 0 fully saturated rings. The van der Waals surface area contributed by atoms with Gasteiger partial charge in [0.1, 0.15) is 0 Å². The number of carbonyl (C=O) groups is 1. The van der Waals surface area contributed by atoms with Crippen molar-refractivity contribution in [1.29, 1.82) is 0 Å². The van der Waals surface area contributed by atoms with Crippen molar-refractivity contribution in [3.05, 3.63) is 0 Å². The number of methoxy groups -OCH3 is 1. The summed E-state index contributed by atoms with van der Waals surface area (Å²) in [6.45, 7) is -0.934. The van der Waals surface area contributed by atoms with Gasteiger partial charge in [-0.15, -0.1) is 0 Å². The highest BCUT2D eigenvalue weighted by Crippen LogP contribution is 2.26. The van der Waals surface area contributed by atoms with Crippen LogP contribution in [-0.4, -0.2) is 25.9 Å². The summed E-state index contributed by atoms with van der Waals surface area (Å²) in [5.41, 5.74) is 0. The molecule has 0 heterocycles. The molecule has 2 N–H and O–H groups in total. The van der Waals surface area contributed by atoms with E-state index in [1.165, 1.54) is 0 Å². The van der Waals surface area contributed by atoms with Crippen LogP contribution in [0.3, 0.4) is 0 Å². The standard InChI is InChI=1S/C5H8F3NO3/c1-11-4(10)3(2-12-9)5(6,7)8/h3H,2,9H2,1H3. The first-order chi connectivity index (χ1) is 5.43. The van der Waals surface area contributed by atoms with Crippen molar-refractivity contribution < 1.29 is 27.5 Å². The van der Waals surface area contributed by atoms with Crippen LogP contribution in [0.5, 0.6) is 0 Å². The van der Waals surface area contributed by atoms with Crippen LogP contribution < -0.4 is 5.90 Å². The Labute approximate surface area is 66.4 Å². The van der Waals surface area contributed by atoms with Gasteiger partial charge in [0.25, 0.3) is 0 Å². The van der Waals surface area contributed by atoms with E-state index in [2.05, 4.69) is 15.5 Å². The van der Waals surface area contributed by atoms with Crippen molar-refractivity contribution >= 4 is 5.97 Å². The predicted octanol–water partition coefficient (Wildman–Crippen LogP) is 0.228. The lowest BCUT2D eigenvalue weighted by Gasteiger charge is -2.15. The first-order valence-corrected chi connectivity index (χ1v) is 2.89. The summed E-state index contributed by atoms with van der Waals surface area (Å²) in [5, 5.41) is 0. The Morgan fingerprint density at radius 1 is 1.58 bits per heavy atom. The van der Waals surface area contributed by atoms with E-state index in [0.29, 0.717) is 0 Å². The minimum absolute atomic E-state index is 0.859. The molecule has 4 nitrogen and oxygen atoms in total. The van der Waals surface area contributed by atoms with Gasteiger partial charge in [-0.2, -0.15) is 13.2 Å². The zero-order valence-corrected chi connectivity index (χ0v) is 6.22. The van der Waals surface area contributed by atoms with Crippen molar-refractivity contribution in [2.45, 2.75) is 6.18 Å². The van der Waals surface area contributed by atoms with E-state index in [1.54, 1.807) is 0 Å². The third kappa shape index (κ3) is 3.05. The van der Waals surface area contributed by atoms with E-state index < -0.39 is 24.7 Å². The fourth-order valence-electron chi connectivity index (χ4n) is 0.535. The Bertz CT molecular complexity index is 159. The predicted molar refractivity (Wildman–Crippen MR) is 31.7 cm³/mol. The van der Waals surface area contributed by atoms with Crippen LogP contribution >= 0.6 is 0 Å². The Morgan fingerprint density at radius 3 is 2.33 bits per heavy atom. The second kappa shape index (κ2) is 4.27. The molecule has 0 aliphatic heterocycles. The monoisotopic (exact) mass is 187 g/mol. The molecule has 12 heavy (non-hydrogen) atoms. The molecule has 72 valence electrons. The lowest BCUT2D eigenvalue weighted by atomic mass is 10.1. The van der Waals surface area contributed by atoms with Crippen LogP contribution in [0.2, 0.25) is 0 Å². The van der Waals surface area contributed by atoms with Crippen molar-refractivity contribution in [1.82, 2.24) is 0 Å². The van der Waals surface area contributed by atoms with Crippen LogP contribution in [0.25, 0.3) is 0 Å². The van der Waals surface area contributed by atoms with Gasteiger partial charge in [-0.25, -0.2) is 5.90 Å². The fraction of sp³-hybridized carbons (Fsp3) is 0.800. The van der Waals surface area contributed by atoms with E-state index in [-0.39, 0.29) is 0 Å². The van der Waals surface area contributed by atoms with E-state index in [0.717, 1.165) is 7.11 Å². The van der Waals surface area contributed by atoms with Crippen molar-refractivity contribution in [3.63, 3.8) is 0 Å². The Hall–Kier alpha value is -0.820. The molecule has 0 aromatic heterocycles. The summed E-state index contributed by atoms with van der Waals surface area (Å²) in [7, 11) is 0.859. The molecule has 0 bridgehead atoms. The van der Waals surface area contributed by atoms with Gasteiger partial charge >= 0.3 is 12.1 Å². The highest BCUT2D eigenvalue weighted by atomic mass is 19.4. The maximum atomic E-state index is 11.9. The molecular weight excluding hydrogens is 179 g/mol. The quantitative estimate of drug-likeness (QED) is 0.507. The van der Waals surface area contributed by atoms with Gasteiger partial charge in [0.05, 0.1) is 13.7 Å². The minimum Gasteiger partial charge on any atom is -0.468 e. The highest BCUT2D eigenvalue weighted by molar-refractivity contribution is 5.73. The van der Waals surface area contributed by atoms with Crippen LogP contribution in [0.15, 0.2) is 0 Å². The lowest BCUT2D eigenvalue weighted by Crippen LogP contribution is -2.36. The van der Waals surface area contributed by atoms with Crippen molar-refractivity contribution in [2.75, 3.05) is 13.7 Å². The molecule has 1 atom stereocenters. The topological polar surface area (TPSA) is 61.5 Å². The summed E-state index contributed by atoms with van der Waals surface area (Å²) >= 11 is 0. The molecule has 7 heteroatoms. The third-order valence-corrected chi connectivity index (χ3v) is 1.14. The maximum Gasteiger partial charge on any atom is 0.404 e. The number of hydrogen-bond donors (Lipinski definition) is 1. The molecule has 0 amide bonds. The van der Waals surface area contributed by atoms with E-state index in [9.17, 15) is 18.0 Å². The lowest BCUT2D eigenvalue weighted by molar-refractivity contribution is -0.205. The summed E-state index contributed by atoms with van der Waals surface area (Å²) < 4.78 is 39.6.